The van der Waals surface area contributed by atoms with Crippen LogP contribution in [-0.4, -0.2) is 19.8 Å². The van der Waals surface area contributed by atoms with Crippen molar-refractivity contribution in [3.8, 4) is 17.2 Å². The van der Waals surface area contributed by atoms with Gasteiger partial charge < -0.3 is 14.2 Å². The summed E-state index contributed by atoms with van der Waals surface area (Å²) < 4.78 is 19.8. The average Bonchev–Trinajstić information content (AvgIpc) is 3.29. The van der Waals surface area contributed by atoms with Crippen molar-refractivity contribution in [2.45, 2.75) is 329 Å². The third-order valence-electron chi connectivity index (χ3n) is 13.6. The molecule has 0 amide bonds. The molecule has 0 aliphatic heterocycles. The number of hydrogen-bond donors (Lipinski definition) is 0. The third-order valence-corrected chi connectivity index (χ3v) is 13.6. The van der Waals surface area contributed by atoms with Crippen LogP contribution in [0.2, 0.25) is 0 Å². The Labute approximate surface area is 396 Å². The second-order valence-corrected chi connectivity index (χ2v) is 20.1. The Bertz CT molecular complexity index is 964. The second kappa shape index (κ2) is 50.0. The number of hydrogen-bond acceptors (Lipinski definition) is 3. The first-order chi connectivity index (χ1) is 31.3. The summed E-state index contributed by atoms with van der Waals surface area (Å²) in [6, 6.07) is 4.52. The van der Waals surface area contributed by atoms with Gasteiger partial charge in [-0.2, -0.15) is 0 Å². The molecule has 1 aromatic carbocycles. The van der Waals surface area contributed by atoms with Gasteiger partial charge in [0.25, 0.3) is 0 Å². The van der Waals surface area contributed by atoms with Gasteiger partial charge in [-0.15, -0.1) is 0 Å². The third kappa shape index (κ3) is 40.6. The molecule has 0 saturated carbocycles. The highest BCUT2D eigenvalue weighted by Gasteiger charge is 2.16. The number of unbranched alkanes of at least 4 members (excludes halogenated alkanes) is 42. The Hall–Kier alpha value is -1.38. The van der Waals surface area contributed by atoms with Gasteiger partial charge in [-0.3, -0.25) is 0 Å². The molecule has 0 aromatic heterocycles. The van der Waals surface area contributed by atoms with Crippen LogP contribution in [0.3, 0.4) is 0 Å². The monoisotopic (exact) mass is 883 g/mol. The largest absolute Gasteiger partial charge is 0.490 e. The van der Waals surface area contributed by atoms with E-state index in [-0.39, 0.29) is 0 Å². The van der Waals surface area contributed by atoms with Crippen LogP contribution in [0.5, 0.6) is 17.2 Å². The number of aryl methyl sites for hydroxylation is 1. The molecule has 0 fully saturated rings. The van der Waals surface area contributed by atoms with E-state index in [2.05, 4.69) is 39.8 Å². The molecule has 63 heavy (non-hydrogen) atoms. The summed E-state index contributed by atoms with van der Waals surface area (Å²) in [5, 5.41) is 0. The van der Waals surface area contributed by atoms with Gasteiger partial charge in [-0.1, -0.05) is 304 Å². The molecule has 3 nitrogen and oxygen atoms in total. The molecule has 0 N–H and O–H groups in total. The van der Waals surface area contributed by atoms with Crippen LogP contribution >= 0.6 is 0 Å². The predicted molar refractivity (Wildman–Crippen MR) is 282 cm³/mol. The van der Waals surface area contributed by atoms with Crippen molar-refractivity contribution in [2.75, 3.05) is 19.8 Å². The van der Waals surface area contributed by atoms with Gasteiger partial charge in [0.15, 0.2) is 11.5 Å². The summed E-state index contributed by atoms with van der Waals surface area (Å²) in [6.07, 6.45) is 64.4. The first-order valence-corrected chi connectivity index (χ1v) is 29.3. The van der Waals surface area contributed by atoms with E-state index in [1.54, 1.807) is 0 Å². The predicted octanol–water partition coefficient (Wildman–Crippen LogP) is 21.4. The van der Waals surface area contributed by atoms with Crippen LogP contribution in [0.4, 0.5) is 0 Å². The van der Waals surface area contributed by atoms with Crippen LogP contribution in [0.25, 0.3) is 0 Å². The SMILES string of the molecule is CCCCCCCCCCCCCCCCCOc1cc(CCC)cc(OCCCCCCCCCCCCCCCCC)c1OCCCCCCCCCCCCCCCCC. The molecule has 0 radical (unpaired) electrons. The van der Waals surface area contributed by atoms with Crippen molar-refractivity contribution in [3.05, 3.63) is 17.7 Å². The Morgan fingerprint density at radius 2 is 0.444 bits per heavy atom. The molecule has 3 heteroatoms. The maximum atomic E-state index is 6.62. The zero-order chi connectivity index (χ0) is 45.2. The molecule has 1 aromatic rings. The first kappa shape index (κ1) is 59.6. The molecule has 0 aliphatic carbocycles. The van der Waals surface area contributed by atoms with Crippen LogP contribution in [0.15, 0.2) is 12.1 Å². The van der Waals surface area contributed by atoms with Gasteiger partial charge in [0.05, 0.1) is 19.8 Å². The fraction of sp³-hybridized carbons (Fsp3) is 0.900. The Balaban J connectivity index is 2.47. The van der Waals surface area contributed by atoms with Crippen LogP contribution in [0.1, 0.15) is 329 Å². The molecule has 0 heterocycles. The van der Waals surface area contributed by atoms with E-state index in [1.165, 1.54) is 275 Å². The number of ether oxygens (including phenoxy) is 3. The van der Waals surface area contributed by atoms with Crippen LogP contribution in [-0.2, 0) is 6.42 Å². The van der Waals surface area contributed by atoms with E-state index < -0.39 is 0 Å². The first-order valence-electron chi connectivity index (χ1n) is 29.3. The minimum atomic E-state index is 0.746. The lowest BCUT2D eigenvalue weighted by atomic mass is 10.0. The molecule has 0 bridgehead atoms. The molecular weight excluding hydrogens is 769 g/mol. The number of benzene rings is 1. The highest BCUT2D eigenvalue weighted by Crippen LogP contribution is 2.40. The lowest BCUT2D eigenvalue weighted by molar-refractivity contribution is 0.234. The van der Waals surface area contributed by atoms with Gasteiger partial charge >= 0.3 is 0 Å². The normalized spacial score (nSPS) is 11.5. The fourth-order valence-electron chi connectivity index (χ4n) is 9.38. The maximum absolute atomic E-state index is 6.62. The molecule has 372 valence electrons. The molecule has 0 saturated heterocycles. The van der Waals surface area contributed by atoms with Gasteiger partial charge in [-0.25, -0.2) is 0 Å². The van der Waals surface area contributed by atoms with Gasteiger partial charge in [0.2, 0.25) is 5.75 Å². The summed E-state index contributed by atoms with van der Waals surface area (Å²) in [5.74, 6) is 2.69. The molecule has 0 aliphatic rings. The van der Waals surface area contributed by atoms with Gasteiger partial charge in [0, 0.05) is 0 Å². The molecule has 0 spiro atoms. The Kier molecular flexibility index (Phi) is 47.4. The van der Waals surface area contributed by atoms with Crippen molar-refractivity contribution in [3.63, 3.8) is 0 Å². The van der Waals surface area contributed by atoms with E-state index >= 15 is 0 Å². The van der Waals surface area contributed by atoms with E-state index in [0.29, 0.717) is 0 Å². The standard InChI is InChI=1S/C60H114O3/c1-5-9-12-15-18-21-24-27-30-33-36-39-42-45-48-52-61-58-55-57(51-8-4)56-59(62-53-49-46-43-40-37-34-31-28-25-22-19-16-13-10-6-2)60(58)63-54-50-47-44-41-38-35-32-29-26-23-20-17-14-11-7-3/h55-56H,5-54H2,1-4H3. The summed E-state index contributed by atoms with van der Waals surface area (Å²) in [7, 11) is 0. The van der Waals surface area contributed by atoms with Gasteiger partial charge in [0.1, 0.15) is 0 Å². The quantitative estimate of drug-likeness (QED) is 0.0610. The van der Waals surface area contributed by atoms with Crippen molar-refractivity contribution >= 4 is 0 Å². The lowest BCUT2D eigenvalue weighted by Gasteiger charge is -2.19. The zero-order valence-electron chi connectivity index (χ0n) is 43.7. The Morgan fingerprint density at radius 1 is 0.238 bits per heavy atom. The fourth-order valence-corrected chi connectivity index (χ4v) is 9.38. The van der Waals surface area contributed by atoms with Crippen molar-refractivity contribution in [2.24, 2.45) is 0 Å². The number of rotatable bonds is 53. The van der Waals surface area contributed by atoms with E-state index in [0.717, 1.165) is 69.2 Å². The van der Waals surface area contributed by atoms with E-state index in [9.17, 15) is 0 Å². The summed E-state index contributed by atoms with van der Waals surface area (Å²) in [6.45, 7) is 11.5. The highest BCUT2D eigenvalue weighted by atomic mass is 16.5. The van der Waals surface area contributed by atoms with E-state index in [4.69, 9.17) is 14.2 Å². The minimum Gasteiger partial charge on any atom is -0.490 e. The van der Waals surface area contributed by atoms with Gasteiger partial charge in [-0.05, 0) is 43.4 Å². The van der Waals surface area contributed by atoms with Crippen LogP contribution in [0, 0.1) is 0 Å². The molecule has 0 unspecified atom stereocenters. The Morgan fingerprint density at radius 3 is 0.667 bits per heavy atom. The average molecular weight is 884 g/mol. The minimum absolute atomic E-state index is 0.746. The summed E-state index contributed by atoms with van der Waals surface area (Å²) in [4.78, 5) is 0. The summed E-state index contributed by atoms with van der Waals surface area (Å²) >= 11 is 0. The highest BCUT2D eigenvalue weighted by molar-refractivity contribution is 5.54. The van der Waals surface area contributed by atoms with Crippen molar-refractivity contribution < 1.29 is 14.2 Å². The second-order valence-electron chi connectivity index (χ2n) is 20.1. The van der Waals surface area contributed by atoms with E-state index in [1.807, 2.05) is 0 Å². The lowest BCUT2D eigenvalue weighted by Crippen LogP contribution is -2.07. The molecular formula is C60H114O3. The molecule has 0 atom stereocenters. The van der Waals surface area contributed by atoms with Crippen molar-refractivity contribution in [1.29, 1.82) is 0 Å². The summed E-state index contributed by atoms with van der Waals surface area (Å²) in [5.41, 5.74) is 1.31. The maximum Gasteiger partial charge on any atom is 0.203 e. The van der Waals surface area contributed by atoms with Crippen molar-refractivity contribution in [1.82, 2.24) is 0 Å². The smallest absolute Gasteiger partial charge is 0.203 e. The van der Waals surface area contributed by atoms with Crippen LogP contribution < -0.4 is 14.2 Å². The molecule has 1 rings (SSSR count). The topological polar surface area (TPSA) is 27.7 Å². The zero-order valence-corrected chi connectivity index (χ0v) is 43.7.